The highest BCUT2D eigenvalue weighted by Gasteiger charge is 2.52. The number of anilines is 1. The lowest BCUT2D eigenvalue weighted by Crippen LogP contribution is -2.50. The van der Waals surface area contributed by atoms with Crippen LogP contribution in [-0.2, 0) is 55.4 Å². The minimum absolute atomic E-state index is 0.00732. The van der Waals surface area contributed by atoms with Gasteiger partial charge in [-0.15, -0.1) is 0 Å². The number of halogens is 2. The van der Waals surface area contributed by atoms with Crippen LogP contribution in [0.2, 0.25) is 0 Å². The first kappa shape index (κ1) is 62.0. The summed E-state index contributed by atoms with van der Waals surface area (Å²) in [6.07, 6.45) is 2.11. The third-order valence-electron chi connectivity index (χ3n) is 11.7. The number of azide groups is 1. The van der Waals surface area contributed by atoms with Crippen molar-refractivity contribution in [1.29, 1.82) is 0 Å². The van der Waals surface area contributed by atoms with Crippen LogP contribution in [0.1, 0.15) is 78.1 Å². The van der Waals surface area contributed by atoms with Gasteiger partial charge in [-0.05, 0) is 68.2 Å². The zero-order valence-corrected chi connectivity index (χ0v) is 45.0. The van der Waals surface area contributed by atoms with Crippen LogP contribution < -0.4 is 46.4 Å². The number of rotatable bonds is 29. The van der Waals surface area contributed by atoms with E-state index in [0.29, 0.717) is 29.2 Å². The number of fused-ring (bicyclic) bond motifs is 2. The molecule has 1 aromatic carbocycles. The number of Topliss-reactive ketones (excluding diaryl/α,β-unsaturated/α-hetero) is 1. The smallest absolute Gasteiger partial charge is 0.737 e. The van der Waals surface area contributed by atoms with E-state index in [2.05, 4.69) is 50.6 Å². The summed E-state index contributed by atoms with van der Waals surface area (Å²) in [7, 11) is -18.3. The number of nitrogens with one attached hydrogen (secondary N) is 2. The van der Waals surface area contributed by atoms with Gasteiger partial charge in [-0.3, -0.25) is 32.4 Å². The Kier molecular flexibility index (Phi) is 21.4. The first-order chi connectivity index (χ1) is 37.3. The normalized spacial score (nSPS) is 19.2. The molecule has 0 radical (unpaired) electrons. The molecule has 29 nitrogen and oxygen atoms in total. The third kappa shape index (κ3) is 17.6. The number of nitrogens with zero attached hydrogens (tertiary/aromatic N) is 7. The van der Waals surface area contributed by atoms with Crippen LogP contribution in [0.15, 0.2) is 64.3 Å². The maximum Gasteiger partial charge on any atom is 0.737 e. The van der Waals surface area contributed by atoms with E-state index in [9.17, 15) is 52.4 Å². The van der Waals surface area contributed by atoms with E-state index in [1.54, 1.807) is 63.3 Å². The molecule has 6 atom stereocenters. The van der Waals surface area contributed by atoms with Gasteiger partial charge in [0.2, 0.25) is 5.91 Å². The highest BCUT2D eigenvalue weighted by atomic mass is 31.3. The Labute approximate surface area is 448 Å². The van der Waals surface area contributed by atoms with Crippen molar-refractivity contribution < 1.29 is 97.6 Å². The summed E-state index contributed by atoms with van der Waals surface area (Å²) in [6, 6.07) is 7.85. The molecule has 6 rings (SSSR count). The number of carbonyl (C=O) groups is 3. The molecule has 0 spiro atoms. The number of nitrogen functional groups attached to an aromatic ring is 1. The molecule has 0 saturated carbocycles. The molecule has 3 aromatic rings. The summed E-state index contributed by atoms with van der Waals surface area (Å²) < 4.78 is 108. The van der Waals surface area contributed by atoms with Crippen molar-refractivity contribution in [2.75, 3.05) is 58.5 Å². The van der Waals surface area contributed by atoms with Gasteiger partial charge < -0.3 is 86.3 Å². The number of amides is 2. The largest absolute Gasteiger partial charge is 0.790 e. The predicted molar refractivity (Wildman–Crippen MR) is 265 cm³/mol. The Balaban J connectivity index is 0.870. The molecule has 2 aromatic heterocycles. The standard InChI is InChI=1S/C44H56BF2N10O19P3/c1-4-70-37-23-41(74-38(37)25-73-78(65,66)76-79(67,68)75-77(62,63)64)55-24-31(42(48)52-44(55)61)9-6-16-50-39(59)26-69-18-19-71-40(53-54-49)27-72-35-11-5-8-30(21-35)43(60)51-17-7-10-34(58)15-14-32-12-13-33-22-36-28(2)20-29(3)56(36)45(46,47)57(32)33/h5,8,11-13,20-22,24,37-38,40-41H,4,7,10,14-19,23,25-27H2,1-3H3,(H,50,59)(H,51,60)(H,65,66)(H,67,68)(H2,48,52,61)(H2,62,63,64)/p-4/t37?,38-,40?,41-/m1/s1. The van der Waals surface area contributed by atoms with Crippen molar-refractivity contribution >= 4 is 65.6 Å². The van der Waals surface area contributed by atoms with Crippen molar-refractivity contribution in [1.82, 2.24) is 24.7 Å². The summed E-state index contributed by atoms with van der Waals surface area (Å²) >= 11 is 0. The maximum atomic E-state index is 15.7. The van der Waals surface area contributed by atoms with E-state index >= 15 is 8.63 Å². The quantitative estimate of drug-likeness (QED) is 0.0167. The number of nitrogens with two attached hydrogens (primary N) is 1. The number of allylic oxidation sites excluding steroid dienone is 2. The average Bonchev–Trinajstić information content (AvgIpc) is 4.20. The van der Waals surface area contributed by atoms with Gasteiger partial charge in [0.15, 0.2) is 11.9 Å². The highest BCUT2D eigenvalue weighted by molar-refractivity contribution is 7.64. The third-order valence-corrected chi connectivity index (χ3v) is 15.3. The van der Waals surface area contributed by atoms with E-state index in [1.807, 2.05) is 0 Å². The molecule has 4 N–H and O–H groups in total. The van der Waals surface area contributed by atoms with E-state index < -0.39 is 85.8 Å². The molecule has 0 aliphatic carbocycles. The molecular formula is C44H52BF2N10O19P3-4. The van der Waals surface area contributed by atoms with Crippen molar-refractivity contribution in [3.05, 3.63) is 103 Å². The fourth-order valence-corrected chi connectivity index (χ4v) is 11.2. The Hall–Kier alpha value is -6.22. The van der Waals surface area contributed by atoms with Crippen LogP contribution in [0.4, 0.5) is 14.4 Å². The van der Waals surface area contributed by atoms with Crippen LogP contribution >= 0.6 is 23.5 Å². The molecule has 1 fully saturated rings. The topological polar surface area (TPSA) is 410 Å². The number of benzene rings is 1. The van der Waals surface area contributed by atoms with Gasteiger partial charge in [-0.25, -0.2) is 9.11 Å². The second kappa shape index (κ2) is 27.3. The van der Waals surface area contributed by atoms with Gasteiger partial charge in [0.25, 0.3) is 21.6 Å². The van der Waals surface area contributed by atoms with Gasteiger partial charge in [-0.1, -0.05) is 23.0 Å². The summed E-state index contributed by atoms with van der Waals surface area (Å²) in [4.78, 5) is 102. The number of hydrogen-bond donors (Lipinski definition) is 3. The van der Waals surface area contributed by atoms with Gasteiger partial charge in [0.1, 0.15) is 48.6 Å². The Morgan fingerprint density at radius 1 is 1.09 bits per heavy atom. The summed E-state index contributed by atoms with van der Waals surface area (Å²) in [5.74, 6) is 4.05. The number of aryl methyl sites for hydroxylation is 2. The Bertz CT molecular complexity index is 3210. The number of aromatic nitrogens is 3. The fourth-order valence-electron chi connectivity index (χ4n) is 8.33. The first-order valence-corrected chi connectivity index (χ1v) is 28.3. The molecule has 428 valence electrons. The average molecular weight is 1170 g/mol. The minimum atomic E-state index is -6.22. The van der Waals surface area contributed by atoms with Gasteiger partial charge in [0, 0.05) is 79.4 Å². The molecule has 4 unspecified atom stereocenters. The van der Waals surface area contributed by atoms with Crippen LogP contribution in [0.25, 0.3) is 16.5 Å². The van der Waals surface area contributed by atoms with Crippen molar-refractivity contribution in [2.24, 2.45) is 5.11 Å². The molecule has 2 amide bonds. The highest BCUT2D eigenvalue weighted by Crippen LogP contribution is 2.60. The van der Waals surface area contributed by atoms with Crippen molar-refractivity contribution in [3.63, 3.8) is 0 Å². The number of phosphoric ester groups is 1. The predicted octanol–water partition coefficient (Wildman–Crippen LogP) is 1.13. The van der Waals surface area contributed by atoms with Crippen LogP contribution in [0.5, 0.6) is 5.75 Å². The molecule has 79 heavy (non-hydrogen) atoms. The summed E-state index contributed by atoms with van der Waals surface area (Å²) in [6.45, 7) is -1.05. The molecule has 5 heterocycles. The zero-order chi connectivity index (χ0) is 57.7. The Morgan fingerprint density at radius 2 is 1.86 bits per heavy atom. The fraction of sp³-hybridized carbons (Fsp3) is 0.455. The van der Waals surface area contributed by atoms with Crippen LogP contribution in [0, 0.1) is 25.7 Å². The van der Waals surface area contributed by atoms with Crippen LogP contribution in [0.3, 0.4) is 0 Å². The van der Waals surface area contributed by atoms with Gasteiger partial charge in [0.05, 0.1) is 45.9 Å². The van der Waals surface area contributed by atoms with Crippen molar-refractivity contribution in [3.8, 4) is 17.6 Å². The number of ketones is 1. The molecule has 0 bridgehead atoms. The monoisotopic (exact) mass is 1170 g/mol. The molecule has 1 saturated heterocycles. The minimum Gasteiger partial charge on any atom is -0.790 e. The molecular weight excluding hydrogens is 1110 g/mol. The molecule has 35 heteroatoms. The van der Waals surface area contributed by atoms with E-state index in [-0.39, 0.29) is 93.7 Å². The van der Waals surface area contributed by atoms with E-state index in [4.69, 9.17) is 34.9 Å². The lowest BCUT2D eigenvalue weighted by molar-refractivity contribution is -0.362. The van der Waals surface area contributed by atoms with E-state index in [1.165, 1.54) is 12.3 Å². The van der Waals surface area contributed by atoms with Gasteiger partial charge >= 0.3 is 12.7 Å². The first-order valence-electron chi connectivity index (χ1n) is 23.9. The lowest BCUT2D eigenvalue weighted by Gasteiger charge is -2.37. The summed E-state index contributed by atoms with van der Waals surface area (Å²) in [5, 5.41) is 8.77. The maximum absolute atomic E-state index is 15.7. The summed E-state index contributed by atoms with van der Waals surface area (Å²) in [5.41, 5.74) is 16.7. The number of ether oxygens (including phenoxy) is 5. The van der Waals surface area contributed by atoms with Gasteiger partial charge in [-0.2, -0.15) is 4.98 Å². The number of phosphoric acid groups is 3. The Morgan fingerprint density at radius 3 is 2.59 bits per heavy atom. The number of carbonyl (C=O) groups excluding carboxylic acids is 3. The SMILES string of the molecule is CCOC1C[C@H](n2cc(C#CCNC(=O)COCCOC(COc3cccc(C(=O)NCCCC(=O)CCC4=[N+]5C(=Cc6c(C)cc(C)n6[B-]5(F)F)C=C4)c3)N=[N+]=[N-])c(N)nc2=O)O[C@@H]1COP(=O)([O-])OP(=O)([O-])OP(=O)([O-])[O-]. The zero-order valence-electron chi connectivity index (χ0n) is 42.3. The van der Waals surface area contributed by atoms with Crippen molar-refractivity contribution in [2.45, 2.75) is 77.5 Å². The lowest BCUT2D eigenvalue weighted by atomic mass is 9.90. The molecule has 3 aliphatic rings. The number of hydrogen-bond acceptors (Lipinski definition) is 22. The van der Waals surface area contributed by atoms with Crippen LogP contribution in [-0.4, -0.2) is 120 Å². The second-order valence-electron chi connectivity index (χ2n) is 17.4. The van der Waals surface area contributed by atoms with E-state index in [0.717, 1.165) is 19.1 Å². The second-order valence-corrected chi connectivity index (χ2v) is 21.6. The molecule has 3 aliphatic heterocycles.